The SMILES string of the molecule is Cc1cc(C)cc(NS(=O)(=O)c2ccc(NC(=O)CCNC(=O)Cc3ccc(S(=O)[O-])cc3)cc2)c1. The van der Waals surface area contributed by atoms with E-state index >= 15 is 0 Å². The molecule has 3 aromatic rings. The third-order valence-electron chi connectivity index (χ3n) is 5.08. The number of rotatable bonds is 10. The van der Waals surface area contributed by atoms with Crippen LogP contribution in [0, 0.1) is 13.8 Å². The highest BCUT2D eigenvalue weighted by Crippen LogP contribution is 2.20. The summed E-state index contributed by atoms with van der Waals surface area (Å²) in [5.74, 6) is -0.647. The van der Waals surface area contributed by atoms with Crippen LogP contribution in [0.15, 0.2) is 76.5 Å². The molecule has 0 saturated heterocycles. The van der Waals surface area contributed by atoms with Gasteiger partial charge in [0.05, 0.1) is 11.3 Å². The van der Waals surface area contributed by atoms with E-state index in [1.54, 1.807) is 24.3 Å². The van der Waals surface area contributed by atoms with Crippen LogP contribution in [-0.4, -0.2) is 35.5 Å². The first-order valence-electron chi connectivity index (χ1n) is 11.0. The molecule has 1 unspecified atom stereocenters. The van der Waals surface area contributed by atoms with E-state index in [4.69, 9.17) is 0 Å². The first kappa shape index (κ1) is 27.1. The molecular weight excluding hydrogens is 502 g/mol. The second-order valence-electron chi connectivity index (χ2n) is 8.21. The third kappa shape index (κ3) is 8.01. The second-order valence-corrected chi connectivity index (χ2v) is 10.8. The number of amides is 2. The van der Waals surface area contributed by atoms with E-state index in [1.807, 2.05) is 19.9 Å². The molecule has 0 aliphatic rings. The zero-order valence-electron chi connectivity index (χ0n) is 19.7. The fraction of sp³-hybridized carbons (Fsp3) is 0.200. The lowest BCUT2D eigenvalue weighted by Gasteiger charge is -2.11. The highest BCUT2D eigenvalue weighted by Gasteiger charge is 2.15. The Morgan fingerprint density at radius 3 is 2.06 bits per heavy atom. The summed E-state index contributed by atoms with van der Waals surface area (Å²) in [5, 5.41) is 5.30. The van der Waals surface area contributed by atoms with Gasteiger partial charge < -0.3 is 15.2 Å². The molecule has 36 heavy (non-hydrogen) atoms. The first-order valence-corrected chi connectivity index (χ1v) is 13.5. The van der Waals surface area contributed by atoms with Gasteiger partial charge in [0.2, 0.25) is 11.8 Å². The number of carbonyl (C=O) groups excluding carboxylic acids is 2. The van der Waals surface area contributed by atoms with E-state index in [0.717, 1.165) is 11.1 Å². The Morgan fingerprint density at radius 1 is 0.861 bits per heavy atom. The fourth-order valence-corrected chi connectivity index (χ4v) is 4.87. The fourth-order valence-electron chi connectivity index (χ4n) is 3.47. The maximum Gasteiger partial charge on any atom is 0.261 e. The summed E-state index contributed by atoms with van der Waals surface area (Å²) in [4.78, 5) is 24.4. The summed E-state index contributed by atoms with van der Waals surface area (Å²) in [7, 11) is -3.79. The van der Waals surface area contributed by atoms with Crippen LogP contribution < -0.4 is 15.4 Å². The van der Waals surface area contributed by atoms with Gasteiger partial charge in [0.1, 0.15) is 0 Å². The quantitative estimate of drug-likeness (QED) is 0.345. The monoisotopic (exact) mass is 528 g/mol. The van der Waals surface area contributed by atoms with Gasteiger partial charge in [0, 0.05) is 29.2 Å². The van der Waals surface area contributed by atoms with Gasteiger partial charge in [-0.3, -0.25) is 18.5 Å². The molecule has 1 atom stereocenters. The molecule has 3 rings (SSSR count). The Bertz CT molecular complexity index is 1350. The number of hydrogen-bond donors (Lipinski definition) is 3. The smallest absolute Gasteiger partial charge is 0.261 e. The van der Waals surface area contributed by atoms with Crippen LogP contribution in [0.4, 0.5) is 11.4 Å². The van der Waals surface area contributed by atoms with Gasteiger partial charge in [0.25, 0.3) is 10.0 Å². The van der Waals surface area contributed by atoms with Crippen molar-refractivity contribution < 1.29 is 26.8 Å². The van der Waals surface area contributed by atoms with Crippen LogP contribution in [0.2, 0.25) is 0 Å². The number of sulfonamides is 1. The molecular formula is C25H26N3O6S2-. The molecule has 3 aromatic carbocycles. The standard InChI is InChI=1S/C25H27N3O6S2/c1-17-13-18(2)15-21(14-17)28-36(33,34)23-9-5-20(6-10-23)27-24(29)11-12-26-25(30)16-19-3-7-22(8-4-19)35(31)32/h3-10,13-15,28H,11-12,16H2,1-2H3,(H,26,30)(H,27,29)(H,31,32)/p-1. The van der Waals surface area contributed by atoms with Crippen LogP contribution >= 0.6 is 0 Å². The molecule has 0 aliphatic heterocycles. The van der Waals surface area contributed by atoms with Crippen molar-refractivity contribution in [1.29, 1.82) is 0 Å². The summed E-state index contributed by atoms with van der Waals surface area (Å²) in [6.45, 7) is 3.88. The Kier molecular flexibility index (Phi) is 8.97. The molecule has 0 bridgehead atoms. The molecule has 0 radical (unpaired) electrons. The minimum atomic E-state index is -3.79. The number of benzene rings is 3. The van der Waals surface area contributed by atoms with Crippen LogP contribution in [-0.2, 0) is 37.1 Å². The topological polar surface area (TPSA) is 144 Å². The van der Waals surface area contributed by atoms with Gasteiger partial charge in [-0.15, -0.1) is 0 Å². The summed E-state index contributed by atoms with van der Waals surface area (Å²) in [6, 6.07) is 17.1. The van der Waals surface area contributed by atoms with Crippen molar-refractivity contribution in [2.45, 2.75) is 36.5 Å². The van der Waals surface area contributed by atoms with E-state index in [0.29, 0.717) is 16.9 Å². The Morgan fingerprint density at radius 2 is 1.47 bits per heavy atom. The number of nitrogens with one attached hydrogen (secondary N) is 3. The summed E-state index contributed by atoms with van der Waals surface area (Å²) in [5.41, 5.74) is 3.42. The zero-order chi connectivity index (χ0) is 26.3. The molecule has 0 saturated carbocycles. The summed E-state index contributed by atoms with van der Waals surface area (Å²) < 4.78 is 49.6. The molecule has 11 heteroatoms. The second kappa shape index (κ2) is 11.9. The number of carbonyl (C=O) groups is 2. The molecule has 0 aliphatic carbocycles. The largest absolute Gasteiger partial charge is 0.768 e. The van der Waals surface area contributed by atoms with Gasteiger partial charge in [-0.05, 0) is 90.1 Å². The molecule has 0 aromatic heterocycles. The van der Waals surface area contributed by atoms with Crippen molar-refractivity contribution in [3.63, 3.8) is 0 Å². The molecule has 0 fully saturated rings. The molecule has 3 N–H and O–H groups in total. The van der Waals surface area contributed by atoms with Crippen molar-refractivity contribution in [1.82, 2.24) is 5.32 Å². The average Bonchev–Trinajstić information content (AvgIpc) is 2.78. The third-order valence-corrected chi connectivity index (χ3v) is 7.13. The minimum absolute atomic E-state index is 0.0220. The maximum atomic E-state index is 12.7. The van der Waals surface area contributed by atoms with Gasteiger partial charge in [-0.25, -0.2) is 8.42 Å². The van der Waals surface area contributed by atoms with Crippen molar-refractivity contribution in [3.8, 4) is 0 Å². The summed E-state index contributed by atoms with van der Waals surface area (Å²) >= 11 is -2.32. The first-order chi connectivity index (χ1) is 17.0. The Hall–Kier alpha value is -3.54. The van der Waals surface area contributed by atoms with E-state index in [9.17, 15) is 26.8 Å². The lowest BCUT2D eigenvalue weighted by Crippen LogP contribution is -2.28. The van der Waals surface area contributed by atoms with Gasteiger partial charge in [-0.1, -0.05) is 18.2 Å². The van der Waals surface area contributed by atoms with E-state index in [2.05, 4.69) is 15.4 Å². The van der Waals surface area contributed by atoms with Crippen LogP contribution in [0.25, 0.3) is 0 Å². The van der Waals surface area contributed by atoms with Crippen molar-refractivity contribution in [2.24, 2.45) is 0 Å². The highest BCUT2D eigenvalue weighted by atomic mass is 32.2. The van der Waals surface area contributed by atoms with Crippen LogP contribution in [0.5, 0.6) is 0 Å². The van der Waals surface area contributed by atoms with Crippen LogP contribution in [0.3, 0.4) is 0 Å². The predicted molar refractivity (Wildman–Crippen MR) is 137 cm³/mol. The molecule has 190 valence electrons. The van der Waals surface area contributed by atoms with Crippen molar-refractivity contribution >= 4 is 44.3 Å². The highest BCUT2D eigenvalue weighted by molar-refractivity contribution is 7.92. The Balaban J connectivity index is 1.46. The Labute approximate surface area is 212 Å². The maximum absolute atomic E-state index is 12.7. The van der Waals surface area contributed by atoms with Crippen molar-refractivity contribution in [3.05, 3.63) is 83.4 Å². The number of hydrogen-bond acceptors (Lipinski definition) is 6. The van der Waals surface area contributed by atoms with E-state index < -0.39 is 21.1 Å². The predicted octanol–water partition coefficient (Wildman–Crippen LogP) is 3.03. The number of aryl methyl sites for hydroxylation is 2. The lowest BCUT2D eigenvalue weighted by atomic mass is 10.1. The van der Waals surface area contributed by atoms with Crippen molar-refractivity contribution in [2.75, 3.05) is 16.6 Å². The average molecular weight is 529 g/mol. The molecule has 9 nitrogen and oxygen atoms in total. The van der Waals surface area contributed by atoms with Gasteiger partial charge in [0.15, 0.2) is 0 Å². The molecule has 2 amide bonds. The molecule has 0 spiro atoms. The molecule has 0 heterocycles. The normalized spacial score (nSPS) is 12.0. The zero-order valence-corrected chi connectivity index (χ0v) is 21.4. The van der Waals surface area contributed by atoms with Gasteiger partial charge in [-0.2, -0.15) is 0 Å². The van der Waals surface area contributed by atoms with Crippen LogP contribution in [0.1, 0.15) is 23.1 Å². The lowest BCUT2D eigenvalue weighted by molar-refractivity contribution is -0.120. The summed E-state index contributed by atoms with van der Waals surface area (Å²) in [6.07, 6.45) is 0.0770. The minimum Gasteiger partial charge on any atom is -0.768 e. The van der Waals surface area contributed by atoms with E-state index in [1.165, 1.54) is 36.4 Å². The van der Waals surface area contributed by atoms with E-state index in [-0.39, 0.29) is 41.0 Å². The van der Waals surface area contributed by atoms with Gasteiger partial charge >= 0.3 is 0 Å². The number of anilines is 2.